The van der Waals surface area contributed by atoms with Gasteiger partial charge in [-0.25, -0.2) is 13.2 Å². The van der Waals surface area contributed by atoms with Crippen LogP contribution in [0.5, 0.6) is 0 Å². The van der Waals surface area contributed by atoms with Gasteiger partial charge in [0.1, 0.15) is 0 Å². The zero-order valence-corrected chi connectivity index (χ0v) is 9.47. The van der Waals surface area contributed by atoms with Gasteiger partial charge in [0.25, 0.3) is 0 Å². The van der Waals surface area contributed by atoms with E-state index in [1.807, 2.05) is 6.92 Å². The van der Waals surface area contributed by atoms with Crippen LogP contribution in [0.4, 0.5) is 13.2 Å². The first kappa shape index (κ1) is 12.1. The van der Waals surface area contributed by atoms with E-state index in [1.54, 1.807) is 0 Å². The van der Waals surface area contributed by atoms with Crippen LogP contribution in [-0.2, 0) is 0 Å². The molecule has 2 atom stereocenters. The first-order chi connectivity index (χ1) is 8.00. The number of carbonyl (C=O) groups is 1. The maximum Gasteiger partial charge on any atom is 0.195 e. The Bertz CT molecular complexity index is 456. The summed E-state index contributed by atoms with van der Waals surface area (Å²) in [6.07, 6.45) is 2.30. The first-order valence-corrected chi connectivity index (χ1v) is 5.68. The normalized spacial score (nSPS) is 24.0. The molecule has 1 aromatic carbocycles. The van der Waals surface area contributed by atoms with E-state index in [0.717, 1.165) is 18.6 Å². The highest BCUT2D eigenvalue weighted by atomic mass is 19.2. The second kappa shape index (κ2) is 4.51. The molecule has 0 bridgehead atoms. The van der Waals surface area contributed by atoms with Crippen LogP contribution in [0.25, 0.3) is 0 Å². The monoisotopic (exact) mass is 242 g/mol. The summed E-state index contributed by atoms with van der Waals surface area (Å²) < 4.78 is 39.2. The van der Waals surface area contributed by atoms with Crippen LogP contribution in [0.15, 0.2) is 12.1 Å². The highest BCUT2D eigenvalue weighted by Crippen LogP contribution is 2.33. The van der Waals surface area contributed by atoms with E-state index < -0.39 is 23.2 Å². The quantitative estimate of drug-likeness (QED) is 0.570. The van der Waals surface area contributed by atoms with Gasteiger partial charge < -0.3 is 0 Å². The third kappa shape index (κ3) is 2.21. The first-order valence-electron chi connectivity index (χ1n) is 5.68. The maximum absolute atomic E-state index is 13.4. The Morgan fingerprint density at radius 2 is 1.88 bits per heavy atom. The summed E-state index contributed by atoms with van der Waals surface area (Å²) in [6.45, 7) is 2.02. The Kier molecular flexibility index (Phi) is 3.22. The largest absolute Gasteiger partial charge is 0.294 e. The third-order valence-electron chi connectivity index (χ3n) is 3.37. The number of Topliss-reactive ketones (excluding diaryl/α,β-unsaturated/α-hetero) is 1. The van der Waals surface area contributed by atoms with Crippen molar-refractivity contribution in [1.29, 1.82) is 0 Å². The van der Waals surface area contributed by atoms with Gasteiger partial charge in [-0.2, -0.15) is 0 Å². The summed E-state index contributed by atoms with van der Waals surface area (Å²) in [4.78, 5) is 11.9. The van der Waals surface area contributed by atoms with Gasteiger partial charge in [-0.1, -0.05) is 6.92 Å². The fourth-order valence-corrected chi connectivity index (χ4v) is 2.38. The van der Waals surface area contributed by atoms with Crippen molar-refractivity contribution in [1.82, 2.24) is 0 Å². The molecule has 0 heterocycles. The van der Waals surface area contributed by atoms with E-state index >= 15 is 0 Å². The molecule has 17 heavy (non-hydrogen) atoms. The Hall–Kier alpha value is -1.32. The Balaban J connectivity index is 2.29. The molecule has 1 saturated carbocycles. The molecule has 2 rings (SSSR count). The van der Waals surface area contributed by atoms with E-state index in [-0.39, 0.29) is 11.5 Å². The summed E-state index contributed by atoms with van der Waals surface area (Å²) in [5.74, 6) is -4.44. The number of halogens is 3. The smallest absolute Gasteiger partial charge is 0.195 e. The Labute approximate surface area is 97.6 Å². The van der Waals surface area contributed by atoms with E-state index in [9.17, 15) is 18.0 Å². The zero-order chi connectivity index (χ0) is 12.6. The van der Waals surface area contributed by atoms with E-state index in [1.165, 1.54) is 0 Å². The van der Waals surface area contributed by atoms with E-state index in [0.29, 0.717) is 18.8 Å². The summed E-state index contributed by atoms with van der Waals surface area (Å²) in [7, 11) is 0. The van der Waals surface area contributed by atoms with Gasteiger partial charge in [-0.3, -0.25) is 4.79 Å². The molecule has 1 fully saturated rings. The molecule has 2 unspecified atom stereocenters. The lowest BCUT2D eigenvalue weighted by molar-refractivity contribution is 0.0915. The molecule has 92 valence electrons. The molecule has 0 aromatic heterocycles. The van der Waals surface area contributed by atoms with Gasteiger partial charge in [-0.05, 0) is 37.3 Å². The van der Waals surface area contributed by atoms with Crippen molar-refractivity contribution < 1.29 is 18.0 Å². The Morgan fingerprint density at radius 3 is 2.47 bits per heavy atom. The summed E-state index contributed by atoms with van der Waals surface area (Å²) in [6, 6.07) is 1.82. The lowest BCUT2D eigenvalue weighted by atomic mass is 9.95. The molecule has 0 N–H and O–H groups in total. The molecule has 1 aliphatic rings. The van der Waals surface area contributed by atoms with Crippen LogP contribution in [0.1, 0.15) is 36.5 Å². The third-order valence-corrected chi connectivity index (χ3v) is 3.37. The molecule has 0 aliphatic heterocycles. The summed E-state index contributed by atoms with van der Waals surface area (Å²) >= 11 is 0. The number of carbonyl (C=O) groups excluding carboxylic acids is 1. The van der Waals surface area contributed by atoms with Gasteiger partial charge in [-0.15, -0.1) is 0 Å². The molecule has 4 heteroatoms. The van der Waals surface area contributed by atoms with Crippen molar-refractivity contribution in [2.75, 3.05) is 0 Å². The van der Waals surface area contributed by atoms with Crippen LogP contribution in [-0.4, -0.2) is 5.78 Å². The van der Waals surface area contributed by atoms with Crippen molar-refractivity contribution in [3.63, 3.8) is 0 Å². The molecule has 1 aliphatic carbocycles. The predicted molar refractivity (Wildman–Crippen MR) is 57.2 cm³/mol. The van der Waals surface area contributed by atoms with Crippen molar-refractivity contribution in [3.05, 3.63) is 35.1 Å². The molecule has 1 nitrogen and oxygen atoms in total. The van der Waals surface area contributed by atoms with Gasteiger partial charge in [0.2, 0.25) is 0 Å². The molecule has 1 aromatic rings. The molecular weight excluding hydrogens is 229 g/mol. The molecule has 0 radical (unpaired) electrons. The fraction of sp³-hybridized carbons (Fsp3) is 0.462. The van der Waals surface area contributed by atoms with Crippen LogP contribution >= 0.6 is 0 Å². The predicted octanol–water partition coefficient (Wildman–Crippen LogP) is 3.72. The molecule has 0 spiro atoms. The average Bonchev–Trinajstić information content (AvgIpc) is 2.72. The number of ketones is 1. The highest BCUT2D eigenvalue weighted by Gasteiger charge is 2.30. The van der Waals surface area contributed by atoms with Crippen LogP contribution < -0.4 is 0 Å². The van der Waals surface area contributed by atoms with Crippen LogP contribution in [0.2, 0.25) is 0 Å². The van der Waals surface area contributed by atoms with Gasteiger partial charge in [0, 0.05) is 5.92 Å². The molecule has 0 saturated heterocycles. The van der Waals surface area contributed by atoms with Gasteiger partial charge in [0.05, 0.1) is 5.56 Å². The second-order valence-electron chi connectivity index (χ2n) is 4.70. The average molecular weight is 242 g/mol. The maximum atomic E-state index is 13.4. The van der Waals surface area contributed by atoms with Crippen molar-refractivity contribution in [3.8, 4) is 0 Å². The number of rotatable bonds is 2. The number of benzene rings is 1. The topological polar surface area (TPSA) is 17.1 Å². The van der Waals surface area contributed by atoms with Crippen molar-refractivity contribution >= 4 is 5.78 Å². The Morgan fingerprint density at radius 1 is 1.18 bits per heavy atom. The zero-order valence-electron chi connectivity index (χ0n) is 9.47. The highest BCUT2D eigenvalue weighted by molar-refractivity contribution is 5.98. The van der Waals surface area contributed by atoms with E-state index in [4.69, 9.17) is 0 Å². The summed E-state index contributed by atoms with van der Waals surface area (Å²) in [5, 5.41) is 0. The molecular formula is C13H13F3O. The lowest BCUT2D eigenvalue weighted by Gasteiger charge is -2.09. The number of hydrogen-bond donors (Lipinski definition) is 0. The molecule has 0 amide bonds. The second-order valence-corrected chi connectivity index (χ2v) is 4.70. The minimum absolute atomic E-state index is 0.260. The van der Waals surface area contributed by atoms with E-state index in [2.05, 4.69) is 0 Å². The van der Waals surface area contributed by atoms with Crippen molar-refractivity contribution in [2.24, 2.45) is 11.8 Å². The standard InChI is InChI=1S/C13H13F3O/c1-7-2-3-8(6-7)13(17)9-4-5-10(14)12(16)11(9)15/h4-5,7-8H,2-3,6H2,1H3. The lowest BCUT2D eigenvalue weighted by Crippen LogP contribution is -2.14. The SMILES string of the molecule is CC1CCC(C(=O)c2ccc(F)c(F)c2F)C1. The van der Waals surface area contributed by atoms with Crippen molar-refractivity contribution in [2.45, 2.75) is 26.2 Å². The van der Waals surface area contributed by atoms with Crippen LogP contribution in [0.3, 0.4) is 0 Å². The van der Waals surface area contributed by atoms with Crippen LogP contribution in [0, 0.1) is 29.3 Å². The van der Waals surface area contributed by atoms with Gasteiger partial charge >= 0.3 is 0 Å². The number of hydrogen-bond acceptors (Lipinski definition) is 1. The minimum atomic E-state index is -1.57. The fourth-order valence-electron chi connectivity index (χ4n) is 2.38. The minimum Gasteiger partial charge on any atom is -0.294 e. The summed E-state index contributed by atoms with van der Waals surface area (Å²) in [5.41, 5.74) is -0.331. The van der Waals surface area contributed by atoms with Gasteiger partial charge in [0.15, 0.2) is 23.2 Å².